The Kier molecular flexibility index (Phi) is 7.37. The molecular weight excluding hydrogens is 380 g/mol. The van der Waals surface area contributed by atoms with Gasteiger partial charge >= 0.3 is 6.03 Å². The summed E-state index contributed by atoms with van der Waals surface area (Å²) in [6.07, 6.45) is 0.650. The van der Waals surface area contributed by atoms with E-state index in [2.05, 4.69) is 5.32 Å². The van der Waals surface area contributed by atoms with Gasteiger partial charge in [-0.2, -0.15) is 0 Å². The van der Waals surface area contributed by atoms with E-state index in [0.717, 1.165) is 16.3 Å². The molecule has 1 aliphatic rings. The van der Waals surface area contributed by atoms with Crippen molar-refractivity contribution in [3.05, 3.63) is 48.0 Å². The summed E-state index contributed by atoms with van der Waals surface area (Å²) in [5.74, 6) is -0.370. The summed E-state index contributed by atoms with van der Waals surface area (Å²) in [6.45, 7) is 0.638. The predicted octanol–water partition coefficient (Wildman–Crippen LogP) is 2.05. The van der Waals surface area contributed by atoms with Crippen LogP contribution in [-0.2, 0) is 9.59 Å². The highest BCUT2D eigenvalue weighted by atomic mass is 35.5. The molecule has 4 amide bonds. The molecule has 7 nitrogen and oxygen atoms in total. The summed E-state index contributed by atoms with van der Waals surface area (Å²) in [5.41, 5.74) is 6.81. The second kappa shape index (κ2) is 9.52. The quantitative estimate of drug-likeness (QED) is 0.690. The Morgan fingerprint density at radius 2 is 1.89 bits per heavy atom. The minimum atomic E-state index is -0.309. The zero-order chi connectivity index (χ0) is 19.4. The van der Waals surface area contributed by atoms with Gasteiger partial charge in [-0.05, 0) is 28.8 Å². The first-order valence-electron chi connectivity index (χ1n) is 9.03. The molecule has 0 aromatic heterocycles. The van der Waals surface area contributed by atoms with E-state index in [4.69, 9.17) is 5.73 Å². The topological polar surface area (TPSA) is 95.7 Å². The van der Waals surface area contributed by atoms with Gasteiger partial charge in [0.1, 0.15) is 6.54 Å². The highest BCUT2D eigenvalue weighted by molar-refractivity contribution is 6.01. The molecular formula is C20H25ClN4O3. The van der Waals surface area contributed by atoms with Crippen LogP contribution >= 0.6 is 12.4 Å². The maximum Gasteiger partial charge on any atom is 0.326 e. The second-order valence-corrected chi connectivity index (χ2v) is 6.75. The first-order chi connectivity index (χ1) is 13.0. The molecule has 0 aliphatic carbocycles. The van der Waals surface area contributed by atoms with Crippen LogP contribution in [0, 0.1) is 0 Å². The number of likely N-dealkylation sites (N-methyl/N-ethyl adjacent to an activating group) is 1. The number of halogens is 1. The van der Waals surface area contributed by atoms with Crippen molar-refractivity contribution in [1.29, 1.82) is 0 Å². The summed E-state index contributed by atoms with van der Waals surface area (Å²) in [7, 11) is 1.59. The fourth-order valence-corrected chi connectivity index (χ4v) is 3.26. The Balaban J connectivity index is 0.00000280. The molecule has 1 saturated heterocycles. The molecule has 0 radical (unpaired) electrons. The molecule has 2 aromatic carbocycles. The SMILES string of the molecule is CN1CC(=O)N(CCCC(=O)NC(CN)c2ccc3ccccc3c2)C1=O.Cl. The van der Waals surface area contributed by atoms with E-state index in [1.807, 2.05) is 42.5 Å². The Morgan fingerprint density at radius 3 is 2.54 bits per heavy atom. The third kappa shape index (κ3) is 4.79. The van der Waals surface area contributed by atoms with Crippen molar-refractivity contribution in [2.75, 3.05) is 26.7 Å². The van der Waals surface area contributed by atoms with Gasteiger partial charge < -0.3 is 16.0 Å². The number of hydrogen-bond donors (Lipinski definition) is 2. The number of fused-ring (bicyclic) bond motifs is 1. The lowest BCUT2D eigenvalue weighted by molar-refractivity contribution is -0.126. The second-order valence-electron chi connectivity index (χ2n) is 6.75. The van der Waals surface area contributed by atoms with Gasteiger partial charge in [-0.3, -0.25) is 14.5 Å². The third-order valence-electron chi connectivity index (χ3n) is 4.76. The lowest BCUT2D eigenvalue weighted by atomic mass is 10.0. The molecule has 1 unspecified atom stereocenters. The number of urea groups is 1. The lowest BCUT2D eigenvalue weighted by Gasteiger charge is -2.19. The average molecular weight is 405 g/mol. The number of hydrogen-bond acceptors (Lipinski definition) is 4. The standard InChI is InChI=1S/C20H24N4O3.ClH/c1-23-13-19(26)24(20(23)27)10-4-7-18(25)22-17(12-21)16-9-8-14-5-2-3-6-15(14)11-16;/h2-3,5-6,8-9,11,17H,4,7,10,12-13,21H2,1H3,(H,22,25);1H. The third-order valence-corrected chi connectivity index (χ3v) is 4.76. The van der Waals surface area contributed by atoms with Gasteiger partial charge in [0, 0.05) is 26.6 Å². The highest BCUT2D eigenvalue weighted by Gasteiger charge is 2.32. The number of carbonyl (C=O) groups excluding carboxylic acids is 3. The zero-order valence-corrected chi connectivity index (χ0v) is 16.6. The first-order valence-corrected chi connectivity index (χ1v) is 9.03. The minimum absolute atomic E-state index is 0. The molecule has 2 aromatic rings. The molecule has 0 bridgehead atoms. The van der Waals surface area contributed by atoms with E-state index >= 15 is 0 Å². The molecule has 8 heteroatoms. The molecule has 150 valence electrons. The van der Waals surface area contributed by atoms with Gasteiger partial charge in [0.2, 0.25) is 11.8 Å². The number of nitrogens with one attached hydrogen (secondary N) is 1. The first kappa shape index (κ1) is 21.7. The smallest absolute Gasteiger partial charge is 0.326 e. The molecule has 1 fully saturated rings. The summed E-state index contributed by atoms with van der Waals surface area (Å²) >= 11 is 0. The maximum atomic E-state index is 12.3. The van der Waals surface area contributed by atoms with Crippen LogP contribution in [0.4, 0.5) is 4.79 Å². The normalized spacial score (nSPS) is 14.9. The van der Waals surface area contributed by atoms with Crippen LogP contribution in [0.5, 0.6) is 0 Å². The largest absolute Gasteiger partial charge is 0.348 e. The minimum Gasteiger partial charge on any atom is -0.348 e. The number of imide groups is 1. The van der Waals surface area contributed by atoms with Gasteiger partial charge in [0.05, 0.1) is 6.04 Å². The fourth-order valence-electron chi connectivity index (χ4n) is 3.26. The Hall–Kier alpha value is -2.64. The zero-order valence-electron chi connectivity index (χ0n) is 15.8. The molecule has 28 heavy (non-hydrogen) atoms. The number of nitrogens with zero attached hydrogens (tertiary/aromatic N) is 2. The summed E-state index contributed by atoms with van der Waals surface area (Å²) in [4.78, 5) is 38.4. The number of amides is 4. The molecule has 1 aliphatic heterocycles. The van der Waals surface area contributed by atoms with Crippen LogP contribution in [0.1, 0.15) is 24.4 Å². The van der Waals surface area contributed by atoms with Crippen molar-refractivity contribution >= 4 is 41.0 Å². The summed E-state index contributed by atoms with van der Waals surface area (Å²) in [5, 5.41) is 5.17. The molecule has 3 N–H and O–H groups in total. The van der Waals surface area contributed by atoms with Crippen molar-refractivity contribution in [3.63, 3.8) is 0 Å². The lowest BCUT2D eigenvalue weighted by Crippen LogP contribution is -2.35. The van der Waals surface area contributed by atoms with Crippen LogP contribution in [0.15, 0.2) is 42.5 Å². The number of nitrogens with two attached hydrogens (primary N) is 1. The monoisotopic (exact) mass is 404 g/mol. The molecule has 3 rings (SSSR count). The van der Waals surface area contributed by atoms with E-state index in [-0.39, 0.29) is 62.3 Å². The van der Waals surface area contributed by atoms with Crippen molar-refractivity contribution in [3.8, 4) is 0 Å². The van der Waals surface area contributed by atoms with Gasteiger partial charge in [-0.25, -0.2) is 4.79 Å². The number of carbonyl (C=O) groups is 3. The van der Waals surface area contributed by atoms with Crippen LogP contribution in [0.2, 0.25) is 0 Å². The van der Waals surface area contributed by atoms with Crippen LogP contribution in [0.3, 0.4) is 0 Å². The van der Waals surface area contributed by atoms with Crippen LogP contribution < -0.4 is 11.1 Å². The van der Waals surface area contributed by atoms with E-state index < -0.39 is 0 Å². The van der Waals surface area contributed by atoms with E-state index in [1.165, 1.54) is 9.80 Å². The van der Waals surface area contributed by atoms with Crippen molar-refractivity contribution in [2.45, 2.75) is 18.9 Å². The van der Waals surface area contributed by atoms with E-state index in [9.17, 15) is 14.4 Å². The Labute approximate surface area is 170 Å². The summed E-state index contributed by atoms with van der Waals surface area (Å²) < 4.78 is 0. The predicted molar refractivity (Wildman–Crippen MR) is 110 cm³/mol. The van der Waals surface area contributed by atoms with E-state index in [1.54, 1.807) is 7.05 Å². The van der Waals surface area contributed by atoms with Crippen LogP contribution in [-0.4, -0.2) is 54.3 Å². The van der Waals surface area contributed by atoms with Crippen LogP contribution in [0.25, 0.3) is 10.8 Å². The van der Waals surface area contributed by atoms with Crippen molar-refractivity contribution < 1.29 is 14.4 Å². The average Bonchev–Trinajstić information content (AvgIpc) is 2.91. The number of rotatable bonds is 7. The Bertz CT molecular complexity index is 873. The van der Waals surface area contributed by atoms with E-state index in [0.29, 0.717) is 6.42 Å². The number of benzene rings is 2. The maximum absolute atomic E-state index is 12.3. The molecule has 0 spiro atoms. The van der Waals surface area contributed by atoms with Gasteiger partial charge in [-0.1, -0.05) is 36.4 Å². The van der Waals surface area contributed by atoms with Gasteiger partial charge in [0.15, 0.2) is 0 Å². The van der Waals surface area contributed by atoms with Gasteiger partial charge in [-0.15, -0.1) is 12.4 Å². The fraction of sp³-hybridized carbons (Fsp3) is 0.350. The molecule has 1 atom stereocenters. The Morgan fingerprint density at radius 1 is 1.18 bits per heavy atom. The highest BCUT2D eigenvalue weighted by Crippen LogP contribution is 2.20. The molecule has 0 saturated carbocycles. The van der Waals surface area contributed by atoms with Crippen molar-refractivity contribution in [1.82, 2.24) is 15.1 Å². The van der Waals surface area contributed by atoms with Gasteiger partial charge in [0.25, 0.3) is 0 Å². The summed E-state index contributed by atoms with van der Waals surface area (Å²) in [6, 6.07) is 13.4. The molecule has 1 heterocycles. The van der Waals surface area contributed by atoms with Crippen molar-refractivity contribution in [2.24, 2.45) is 5.73 Å².